The SMILES string of the molecule is C=Nc1c(N2C=CC=CC2)nc(-c2cccc(-c3ccc(-c4nc(-c5ccc6ccccc6c5)cc(-c5ccc6ccccc6c5)n4)cc3)c2)c2ccccc12. The molecule has 0 amide bonds. The smallest absolute Gasteiger partial charge is 0.160 e. The summed E-state index contributed by atoms with van der Waals surface area (Å²) < 4.78 is 0. The molecule has 5 nitrogen and oxygen atoms in total. The number of hydrogen-bond acceptors (Lipinski definition) is 5. The van der Waals surface area contributed by atoms with E-state index >= 15 is 0 Å². The van der Waals surface area contributed by atoms with Crippen LogP contribution in [0.5, 0.6) is 0 Å². The minimum atomic E-state index is 0.680. The van der Waals surface area contributed by atoms with Crippen molar-refractivity contribution in [3.05, 3.63) is 188 Å². The highest BCUT2D eigenvalue weighted by molar-refractivity contribution is 6.05. The van der Waals surface area contributed by atoms with Crippen LogP contribution in [0, 0.1) is 0 Å². The van der Waals surface area contributed by atoms with Crippen molar-refractivity contribution in [1.82, 2.24) is 15.0 Å². The van der Waals surface area contributed by atoms with Crippen LogP contribution in [-0.4, -0.2) is 28.2 Å². The van der Waals surface area contributed by atoms with Crippen LogP contribution in [0.25, 0.3) is 88.6 Å². The quantitative estimate of drug-likeness (QED) is 0.154. The number of aromatic nitrogens is 3. The Kier molecular flexibility index (Phi) is 8.30. The van der Waals surface area contributed by atoms with Gasteiger partial charge in [0.2, 0.25) is 0 Å². The molecule has 0 radical (unpaired) electrons. The molecular formula is C51H35N5. The summed E-state index contributed by atoms with van der Waals surface area (Å²) in [6.07, 6.45) is 8.22. The molecule has 3 heterocycles. The molecule has 0 fully saturated rings. The Balaban J connectivity index is 1.05. The summed E-state index contributed by atoms with van der Waals surface area (Å²) in [5.74, 6) is 1.47. The van der Waals surface area contributed by atoms with E-state index < -0.39 is 0 Å². The Bertz CT molecular complexity index is 2940. The largest absolute Gasteiger partial charge is 0.327 e. The van der Waals surface area contributed by atoms with Crippen molar-refractivity contribution in [2.75, 3.05) is 11.4 Å². The molecule has 1 aliphatic rings. The van der Waals surface area contributed by atoms with Crippen molar-refractivity contribution >= 4 is 50.5 Å². The van der Waals surface area contributed by atoms with Crippen LogP contribution in [0.15, 0.2) is 193 Å². The maximum atomic E-state index is 5.24. The predicted molar refractivity (Wildman–Crippen MR) is 234 cm³/mol. The molecule has 0 saturated carbocycles. The molecule has 9 aromatic rings. The molecule has 0 unspecified atom stereocenters. The topological polar surface area (TPSA) is 54.3 Å². The zero-order valence-corrected chi connectivity index (χ0v) is 30.5. The fourth-order valence-corrected chi connectivity index (χ4v) is 7.66. The average molecular weight is 718 g/mol. The van der Waals surface area contributed by atoms with E-state index in [1.165, 1.54) is 21.5 Å². The summed E-state index contributed by atoms with van der Waals surface area (Å²) in [5, 5.41) is 6.82. The second-order valence-electron chi connectivity index (χ2n) is 14.0. The van der Waals surface area contributed by atoms with Gasteiger partial charge in [0.05, 0.1) is 17.1 Å². The number of fused-ring (bicyclic) bond motifs is 3. The number of rotatable bonds is 7. The zero-order chi connectivity index (χ0) is 37.4. The lowest BCUT2D eigenvalue weighted by Crippen LogP contribution is -2.19. The molecular weight excluding hydrogens is 683 g/mol. The normalized spacial score (nSPS) is 12.5. The van der Waals surface area contributed by atoms with Crippen LogP contribution < -0.4 is 4.90 Å². The summed E-state index contributed by atoms with van der Waals surface area (Å²) in [6.45, 7) is 4.63. The Hall–Kier alpha value is -7.50. The summed E-state index contributed by atoms with van der Waals surface area (Å²) in [7, 11) is 0. The fraction of sp³-hybridized carbons (Fsp3) is 0.0196. The maximum absolute atomic E-state index is 5.24. The molecule has 7 aromatic carbocycles. The third-order valence-corrected chi connectivity index (χ3v) is 10.5. The molecule has 264 valence electrons. The summed E-state index contributed by atoms with van der Waals surface area (Å²) in [4.78, 5) is 22.2. The second-order valence-corrected chi connectivity index (χ2v) is 14.0. The fourth-order valence-electron chi connectivity index (χ4n) is 7.66. The van der Waals surface area contributed by atoms with Crippen molar-refractivity contribution in [3.8, 4) is 56.3 Å². The van der Waals surface area contributed by atoms with Crippen molar-refractivity contribution < 1.29 is 0 Å². The summed E-state index contributed by atoms with van der Waals surface area (Å²) >= 11 is 0. The standard InChI is InChI=1S/C51H35N5/c1-52-49-45-19-8-7-18-44(45)48(55-51(49)56-28-9-2-10-29-56)43-17-11-16-40(32-43)36-20-24-37(25-21-36)50-53-46(41-26-22-34-12-3-5-14-38(34)30-41)33-47(54-50)42-27-23-35-13-4-6-15-39(35)31-42/h2-28,30-33H,1,29H2. The minimum Gasteiger partial charge on any atom is -0.327 e. The molecule has 2 aromatic heterocycles. The van der Waals surface area contributed by atoms with Crippen LogP contribution in [0.1, 0.15) is 0 Å². The van der Waals surface area contributed by atoms with E-state index in [2.05, 4.69) is 180 Å². The zero-order valence-electron chi connectivity index (χ0n) is 30.5. The molecule has 0 saturated heterocycles. The molecule has 0 spiro atoms. The van der Waals surface area contributed by atoms with E-state index in [1.54, 1.807) is 0 Å². The van der Waals surface area contributed by atoms with Crippen LogP contribution in [0.2, 0.25) is 0 Å². The molecule has 5 heteroatoms. The van der Waals surface area contributed by atoms with Gasteiger partial charge in [-0.15, -0.1) is 0 Å². The molecule has 10 rings (SSSR count). The van der Waals surface area contributed by atoms with Gasteiger partial charge in [-0.25, -0.2) is 15.0 Å². The van der Waals surface area contributed by atoms with Crippen molar-refractivity contribution in [1.29, 1.82) is 0 Å². The number of pyridine rings is 1. The van der Waals surface area contributed by atoms with Crippen LogP contribution in [0.3, 0.4) is 0 Å². The predicted octanol–water partition coefficient (Wildman–Crippen LogP) is 12.9. The highest BCUT2D eigenvalue weighted by Gasteiger charge is 2.19. The molecule has 0 bridgehead atoms. The number of anilines is 1. The summed E-state index contributed by atoms with van der Waals surface area (Å²) in [5.41, 5.74) is 9.72. The van der Waals surface area contributed by atoms with Gasteiger partial charge in [0.25, 0.3) is 0 Å². The first-order valence-corrected chi connectivity index (χ1v) is 18.8. The lowest BCUT2D eigenvalue weighted by Gasteiger charge is -2.23. The third-order valence-electron chi connectivity index (χ3n) is 10.5. The number of allylic oxidation sites excluding steroid dienone is 2. The average Bonchev–Trinajstić information content (AvgIpc) is 3.28. The van der Waals surface area contributed by atoms with Crippen LogP contribution >= 0.6 is 0 Å². The Labute approximate surface area is 325 Å². The first-order valence-electron chi connectivity index (χ1n) is 18.8. The number of nitrogens with zero attached hydrogens (tertiary/aromatic N) is 5. The van der Waals surface area contributed by atoms with Crippen LogP contribution in [-0.2, 0) is 0 Å². The maximum Gasteiger partial charge on any atom is 0.160 e. The van der Waals surface area contributed by atoms with Gasteiger partial charge in [0.1, 0.15) is 5.69 Å². The van der Waals surface area contributed by atoms with Crippen LogP contribution in [0.4, 0.5) is 11.5 Å². The van der Waals surface area contributed by atoms with E-state index in [4.69, 9.17) is 15.0 Å². The number of hydrogen-bond donors (Lipinski definition) is 0. The summed E-state index contributed by atoms with van der Waals surface area (Å²) in [6, 6.07) is 57.5. The third kappa shape index (κ3) is 6.11. The Morgan fingerprint density at radius 3 is 1.70 bits per heavy atom. The first-order chi connectivity index (χ1) is 27.7. The van der Waals surface area contributed by atoms with E-state index in [1.807, 2.05) is 24.4 Å². The Morgan fingerprint density at radius 1 is 0.464 bits per heavy atom. The number of aliphatic imine (C=N–C) groups is 1. The van der Waals surface area contributed by atoms with E-state index in [0.29, 0.717) is 5.82 Å². The van der Waals surface area contributed by atoms with Gasteiger partial charge in [-0.05, 0) is 69.7 Å². The van der Waals surface area contributed by atoms with Gasteiger partial charge >= 0.3 is 0 Å². The molecule has 0 N–H and O–H groups in total. The highest BCUT2D eigenvalue weighted by atomic mass is 15.2. The lowest BCUT2D eigenvalue weighted by atomic mass is 9.97. The molecule has 0 atom stereocenters. The molecule has 56 heavy (non-hydrogen) atoms. The number of benzene rings is 7. The van der Waals surface area contributed by atoms with E-state index in [9.17, 15) is 0 Å². The van der Waals surface area contributed by atoms with Crippen molar-refractivity contribution in [2.45, 2.75) is 0 Å². The molecule has 1 aliphatic heterocycles. The van der Waals surface area contributed by atoms with Gasteiger partial charge in [-0.1, -0.05) is 152 Å². The van der Waals surface area contributed by atoms with Gasteiger partial charge in [0.15, 0.2) is 11.6 Å². The van der Waals surface area contributed by atoms with Gasteiger partial charge < -0.3 is 4.90 Å². The van der Waals surface area contributed by atoms with E-state index in [-0.39, 0.29) is 0 Å². The van der Waals surface area contributed by atoms with Crippen molar-refractivity contribution in [2.24, 2.45) is 4.99 Å². The monoisotopic (exact) mass is 717 g/mol. The van der Waals surface area contributed by atoms with E-state index in [0.717, 1.165) is 79.3 Å². The minimum absolute atomic E-state index is 0.680. The first kappa shape index (κ1) is 33.1. The Morgan fingerprint density at radius 2 is 1.05 bits per heavy atom. The van der Waals surface area contributed by atoms with Crippen molar-refractivity contribution in [3.63, 3.8) is 0 Å². The second kappa shape index (κ2) is 14.0. The molecule has 0 aliphatic carbocycles. The van der Waals surface area contributed by atoms with Gasteiger partial charge in [0, 0.05) is 45.8 Å². The van der Waals surface area contributed by atoms with Gasteiger partial charge in [-0.3, -0.25) is 4.99 Å². The van der Waals surface area contributed by atoms with Gasteiger partial charge in [-0.2, -0.15) is 0 Å². The highest BCUT2D eigenvalue weighted by Crippen LogP contribution is 2.41. The lowest BCUT2D eigenvalue weighted by molar-refractivity contribution is 1.03.